The standard InChI is InChI=1S/C16H22ClN3O3/c1-16(19-9-15(22)23)5-6-20(11-16)10-14(21)18-8-12-3-2-4-13(17)7-12/h2-4,7,19H,5-6,8-11H2,1H3,(H,18,21)(H,22,23). The summed E-state index contributed by atoms with van der Waals surface area (Å²) in [5.41, 5.74) is 0.700. The minimum absolute atomic E-state index is 0.0486. The Kier molecular flexibility index (Phi) is 5.98. The first-order chi connectivity index (χ1) is 10.9. The van der Waals surface area contributed by atoms with E-state index in [1.54, 1.807) is 6.07 Å². The van der Waals surface area contributed by atoms with Crippen molar-refractivity contribution in [3.63, 3.8) is 0 Å². The van der Waals surface area contributed by atoms with Gasteiger partial charge in [0.25, 0.3) is 0 Å². The SMILES string of the molecule is CC1(NCC(=O)O)CCN(CC(=O)NCc2cccc(Cl)c2)C1. The summed E-state index contributed by atoms with van der Waals surface area (Å²) in [6, 6.07) is 7.38. The number of amides is 1. The Hall–Kier alpha value is -1.63. The molecule has 7 heteroatoms. The van der Waals surface area contributed by atoms with Crippen molar-refractivity contribution in [3.8, 4) is 0 Å². The highest BCUT2D eigenvalue weighted by molar-refractivity contribution is 6.30. The molecule has 1 heterocycles. The van der Waals surface area contributed by atoms with Gasteiger partial charge in [-0.25, -0.2) is 0 Å². The van der Waals surface area contributed by atoms with E-state index < -0.39 is 5.97 Å². The van der Waals surface area contributed by atoms with E-state index in [9.17, 15) is 9.59 Å². The Bertz CT molecular complexity index is 581. The summed E-state index contributed by atoms with van der Waals surface area (Å²) >= 11 is 5.91. The molecule has 1 aliphatic heterocycles. The van der Waals surface area contributed by atoms with Crippen LogP contribution in [0.25, 0.3) is 0 Å². The number of aliphatic carboxylic acids is 1. The lowest BCUT2D eigenvalue weighted by Gasteiger charge is -2.25. The van der Waals surface area contributed by atoms with Gasteiger partial charge in [-0.2, -0.15) is 0 Å². The lowest BCUT2D eigenvalue weighted by Crippen LogP contribution is -2.47. The van der Waals surface area contributed by atoms with Crippen LogP contribution in [-0.4, -0.2) is 53.6 Å². The van der Waals surface area contributed by atoms with Gasteiger partial charge in [0.15, 0.2) is 0 Å². The number of hydrogen-bond acceptors (Lipinski definition) is 4. The van der Waals surface area contributed by atoms with E-state index in [0.717, 1.165) is 18.5 Å². The molecule has 1 atom stereocenters. The molecule has 6 nitrogen and oxygen atoms in total. The Balaban J connectivity index is 1.75. The lowest BCUT2D eigenvalue weighted by atomic mass is 10.0. The van der Waals surface area contributed by atoms with Gasteiger partial charge < -0.3 is 15.7 Å². The van der Waals surface area contributed by atoms with Crippen molar-refractivity contribution < 1.29 is 14.7 Å². The Morgan fingerprint density at radius 3 is 2.91 bits per heavy atom. The molecule has 0 radical (unpaired) electrons. The lowest BCUT2D eigenvalue weighted by molar-refractivity contribution is -0.136. The predicted octanol–water partition coefficient (Wildman–Crippen LogP) is 1.09. The molecule has 3 N–H and O–H groups in total. The highest BCUT2D eigenvalue weighted by atomic mass is 35.5. The van der Waals surface area contributed by atoms with Gasteiger partial charge in [0.2, 0.25) is 5.91 Å². The van der Waals surface area contributed by atoms with Crippen LogP contribution in [0.5, 0.6) is 0 Å². The van der Waals surface area contributed by atoms with Crippen molar-refractivity contribution in [1.82, 2.24) is 15.5 Å². The van der Waals surface area contributed by atoms with Crippen molar-refractivity contribution >= 4 is 23.5 Å². The first kappa shape index (κ1) is 17.7. The molecule has 1 aromatic carbocycles. The summed E-state index contributed by atoms with van der Waals surface area (Å²) in [7, 11) is 0. The average molecular weight is 340 g/mol. The first-order valence-corrected chi connectivity index (χ1v) is 7.94. The second-order valence-electron chi connectivity index (χ2n) is 6.18. The molecule has 0 spiro atoms. The maximum atomic E-state index is 12.0. The zero-order chi connectivity index (χ0) is 16.9. The molecule has 0 saturated carbocycles. The maximum Gasteiger partial charge on any atom is 0.317 e. The zero-order valence-corrected chi connectivity index (χ0v) is 13.9. The van der Waals surface area contributed by atoms with Gasteiger partial charge in [0.05, 0.1) is 13.1 Å². The zero-order valence-electron chi connectivity index (χ0n) is 13.1. The summed E-state index contributed by atoms with van der Waals surface area (Å²) in [5, 5.41) is 15.3. The normalized spacial score (nSPS) is 21.3. The van der Waals surface area contributed by atoms with Crippen molar-refractivity contribution in [3.05, 3.63) is 34.9 Å². The van der Waals surface area contributed by atoms with E-state index in [1.807, 2.05) is 30.0 Å². The summed E-state index contributed by atoms with van der Waals surface area (Å²) in [6.45, 7) is 4.11. The molecular weight excluding hydrogens is 318 g/mol. The fourth-order valence-corrected chi connectivity index (χ4v) is 2.94. The number of likely N-dealkylation sites (tertiary alicyclic amines) is 1. The smallest absolute Gasteiger partial charge is 0.317 e. The minimum atomic E-state index is -0.871. The van der Waals surface area contributed by atoms with Crippen LogP contribution in [-0.2, 0) is 16.1 Å². The number of hydrogen-bond donors (Lipinski definition) is 3. The number of nitrogens with one attached hydrogen (secondary N) is 2. The van der Waals surface area contributed by atoms with Gasteiger partial charge in [-0.3, -0.25) is 14.5 Å². The maximum absolute atomic E-state index is 12.0. The Labute approximate surface area is 140 Å². The third kappa shape index (κ3) is 5.82. The van der Waals surface area contributed by atoms with Crippen molar-refractivity contribution in [1.29, 1.82) is 0 Å². The summed E-state index contributed by atoms with van der Waals surface area (Å²) in [5.74, 6) is -0.920. The van der Waals surface area contributed by atoms with Crippen LogP contribution in [0.15, 0.2) is 24.3 Å². The van der Waals surface area contributed by atoms with Gasteiger partial charge >= 0.3 is 5.97 Å². The molecule has 2 rings (SSSR count). The van der Waals surface area contributed by atoms with Gasteiger partial charge in [-0.15, -0.1) is 0 Å². The topological polar surface area (TPSA) is 81.7 Å². The number of carbonyl (C=O) groups is 2. The van der Waals surface area contributed by atoms with Crippen LogP contribution >= 0.6 is 11.6 Å². The van der Waals surface area contributed by atoms with Crippen LogP contribution < -0.4 is 10.6 Å². The van der Waals surface area contributed by atoms with Gasteiger partial charge in [-0.05, 0) is 31.0 Å². The third-order valence-electron chi connectivity index (χ3n) is 3.96. The van der Waals surface area contributed by atoms with Crippen molar-refractivity contribution in [2.75, 3.05) is 26.2 Å². The number of benzene rings is 1. The minimum Gasteiger partial charge on any atom is -0.480 e. The number of nitrogens with zero attached hydrogens (tertiary/aromatic N) is 1. The number of carboxylic acid groups (broad SMARTS) is 1. The van der Waals surface area contributed by atoms with Crippen LogP contribution in [0.4, 0.5) is 0 Å². The second-order valence-corrected chi connectivity index (χ2v) is 6.61. The summed E-state index contributed by atoms with van der Waals surface area (Å²) < 4.78 is 0. The van der Waals surface area contributed by atoms with Crippen LogP contribution in [0, 0.1) is 0 Å². The fourth-order valence-electron chi connectivity index (χ4n) is 2.73. The van der Waals surface area contributed by atoms with Crippen molar-refractivity contribution in [2.24, 2.45) is 0 Å². The molecule has 0 aliphatic carbocycles. The molecule has 0 bridgehead atoms. The average Bonchev–Trinajstić information content (AvgIpc) is 2.85. The molecular formula is C16H22ClN3O3. The highest BCUT2D eigenvalue weighted by Crippen LogP contribution is 2.20. The van der Waals surface area contributed by atoms with Gasteiger partial charge in [-0.1, -0.05) is 23.7 Å². The van der Waals surface area contributed by atoms with E-state index >= 15 is 0 Å². The quantitative estimate of drug-likeness (QED) is 0.693. The molecule has 1 saturated heterocycles. The third-order valence-corrected chi connectivity index (χ3v) is 4.20. The molecule has 1 aromatic rings. The van der Waals surface area contributed by atoms with Gasteiger partial charge in [0, 0.05) is 30.2 Å². The number of carbonyl (C=O) groups excluding carboxylic acids is 1. The van der Waals surface area contributed by atoms with Crippen molar-refractivity contribution in [2.45, 2.75) is 25.4 Å². The first-order valence-electron chi connectivity index (χ1n) is 7.57. The van der Waals surface area contributed by atoms with Crippen LogP contribution in [0.1, 0.15) is 18.9 Å². The number of halogens is 1. The van der Waals surface area contributed by atoms with Crippen LogP contribution in [0.2, 0.25) is 5.02 Å². The summed E-state index contributed by atoms with van der Waals surface area (Å²) in [4.78, 5) is 24.7. The molecule has 1 aliphatic rings. The van der Waals surface area contributed by atoms with E-state index in [0.29, 0.717) is 24.7 Å². The Morgan fingerprint density at radius 2 is 2.22 bits per heavy atom. The Morgan fingerprint density at radius 1 is 1.43 bits per heavy atom. The largest absolute Gasteiger partial charge is 0.480 e. The van der Waals surface area contributed by atoms with Crippen LogP contribution in [0.3, 0.4) is 0 Å². The van der Waals surface area contributed by atoms with Gasteiger partial charge in [0.1, 0.15) is 0 Å². The van der Waals surface area contributed by atoms with E-state index in [-0.39, 0.29) is 18.0 Å². The molecule has 23 heavy (non-hydrogen) atoms. The molecule has 1 unspecified atom stereocenters. The van der Waals surface area contributed by atoms with E-state index in [1.165, 1.54) is 0 Å². The fraction of sp³-hybridized carbons (Fsp3) is 0.500. The molecule has 0 aromatic heterocycles. The van der Waals surface area contributed by atoms with E-state index in [4.69, 9.17) is 16.7 Å². The monoisotopic (exact) mass is 339 g/mol. The second kappa shape index (κ2) is 7.77. The molecule has 1 fully saturated rings. The molecule has 1 amide bonds. The highest BCUT2D eigenvalue weighted by Gasteiger charge is 2.34. The summed E-state index contributed by atoms with van der Waals surface area (Å²) in [6.07, 6.45) is 0.821. The van der Waals surface area contributed by atoms with E-state index in [2.05, 4.69) is 10.6 Å². The number of rotatable bonds is 7. The number of carboxylic acids is 1. The predicted molar refractivity (Wildman–Crippen MR) is 88.4 cm³/mol. The molecule has 126 valence electrons.